The van der Waals surface area contributed by atoms with Crippen LogP contribution in [0.4, 0.5) is 11.4 Å². The monoisotopic (exact) mass is 306 g/mol. The van der Waals surface area contributed by atoms with Gasteiger partial charge in [-0.15, -0.1) is 0 Å². The first-order valence-corrected chi connectivity index (χ1v) is 6.58. The predicted molar refractivity (Wildman–Crippen MR) is 76.9 cm³/mol. The molecule has 0 fully saturated rings. The fourth-order valence-corrected chi connectivity index (χ4v) is 2.64. The van der Waals surface area contributed by atoms with Crippen LogP contribution in [-0.2, 0) is 0 Å². The fraction of sp³-hybridized carbons (Fsp3) is 0.0769. The minimum atomic E-state index is -0.543. The van der Waals surface area contributed by atoms with E-state index in [1.54, 1.807) is 18.2 Å². The Balaban J connectivity index is 2.37. The number of methoxy groups -OCH3 is 1. The van der Waals surface area contributed by atoms with Crippen molar-refractivity contribution < 1.29 is 14.6 Å². The van der Waals surface area contributed by atoms with E-state index in [0.29, 0.717) is 9.79 Å². The largest absolute Gasteiger partial charge is 0.490 e. The van der Waals surface area contributed by atoms with E-state index in [2.05, 4.69) is 0 Å². The molecule has 0 saturated carbocycles. The van der Waals surface area contributed by atoms with Crippen LogP contribution in [0, 0.1) is 20.2 Å². The van der Waals surface area contributed by atoms with E-state index in [1.165, 1.54) is 31.4 Å². The van der Waals surface area contributed by atoms with Crippen molar-refractivity contribution in [2.45, 2.75) is 9.79 Å². The predicted octanol–water partition coefficient (Wildman–Crippen LogP) is 3.66. The van der Waals surface area contributed by atoms with Gasteiger partial charge in [-0.3, -0.25) is 20.2 Å². The third kappa shape index (κ3) is 3.29. The van der Waals surface area contributed by atoms with Gasteiger partial charge in [-0.1, -0.05) is 23.9 Å². The van der Waals surface area contributed by atoms with Gasteiger partial charge >= 0.3 is 5.69 Å². The van der Waals surface area contributed by atoms with E-state index in [0.717, 1.165) is 11.8 Å². The number of rotatable bonds is 5. The minimum Gasteiger partial charge on any atom is -0.490 e. The summed E-state index contributed by atoms with van der Waals surface area (Å²) in [6.45, 7) is 0. The molecule has 0 radical (unpaired) electrons. The lowest BCUT2D eigenvalue weighted by atomic mass is 10.3. The molecule has 0 atom stereocenters. The summed E-state index contributed by atoms with van der Waals surface area (Å²) >= 11 is 1.15. The molecule has 2 aromatic rings. The quantitative estimate of drug-likeness (QED) is 0.618. The van der Waals surface area contributed by atoms with Gasteiger partial charge in [0.15, 0.2) is 5.75 Å². The van der Waals surface area contributed by atoms with Gasteiger partial charge in [-0.2, -0.15) is 0 Å². The van der Waals surface area contributed by atoms with E-state index >= 15 is 0 Å². The molecule has 7 nitrogen and oxygen atoms in total. The molecule has 0 heterocycles. The van der Waals surface area contributed by atoms with E-state index < -0.39 is 9.85 Å². The summed E-state index contributed by atoms with van der Waals surface area (Å²) in [5.74, 6) is 0.114. The van der Waals surface area contributed by atoms with Gasteiger partial charge < -0.3 is 4.74 Å². The van der Waals surface area contributed by atoms with Gasteiger partial charge in [0, 0.05) is 23.1 Å². The summed E-state index contributed by atoms with van der Waals surface area (Å²) in [5, 5.41) is 21.8. The topological polar surface area (TPSA) is 95.5 Å². The minimum absolute atomic E-state index is 0.0141. The zero-order chi connectivity index (χ0) is 15.4. The molecular formula is C13H10N2O5S. The molecule has 0 bridgehead atoms. The molecule has 21 heavy (non-hydrogen) atoms. The van der Waals surface area contributed by atoms with Crippen molar-refractivity contribution in [3.05, 3.63) is 62.7 Å². The first-order valence-electron chi connectivity index (χ1n) is 5.76. The van der Waals surface area contributed by atoms with Crippen molar-refractivity contribution in [3.63, 3.8) is 0 Å². The maximum Gasteiger partial charge on any atom is 0.310 e. The third-order valence-corrected chi connectivity index (χ3v) is 3.69. The molecule has 0 saturated heterocycles. The maximum atomic E-state index is 11.0. The average molecular weight is 306 g/mol. The second kappa shape index (κ2) is 6.23. The summed E-state index contributed by atoms with van der Waals surface area (Å²) in [7, 11) is 1.34. The van der Waals surface area contributed by atoms with Gasteiger partial charge in [0.25, 0.3) is 5.69 Å². The van der Waals surface area contributed by atoms with Gasteiger partial charge in [0.1, 0.15) is 0 Å². The van der Waals surface area contributed by atoms with Gasteiger partial charge in [-0.25, -0.2) is 0 Å². The lowest BCUT2D eigenvalue weighted by Crippen LogP contribution is -1.94. The Kier molecular flexibility index (Phi) is 4.39. The van der Waals surface area contributed by atoms with E-state index in [1.807, 2.05) is 0 Å². The Hall–Kier alpha value is -2.61. The molecule has 0 spiro atoms. The Bertz CT molecular complexity index is 705. The number of benzene rings is 2. The highest BCUT2D eigenvalue weighted by atomic mass is 32.2. The number of para-hydroxylation sites is 1. The number of nitro benzene ring substituents is 2. The molecule has 0 aromatic heterocycles. The van der Waals surface area contributed by atoms with Crippen molar-refractivity contribution in [1.82, 2.24) is 0 Å². The number of hydrogen-bond donors (Lipinski definition) is 0. The Morgan fingerprint density at radius 2 is 1.67 bits per heavy atom. The second-order valence-electron chi connectivity index (χ2n) is 3.92. The van der Waals surface area contributed by atoms with Crippen LogP contribution < -0.4 is 4.74 Å². The van der Waals surface area contributed by atoms with E-state index in [4.69, 9.17) is 4.74 Å². The summed E-state index contributed by atoms with van der Waals surface area (Å²) < 4.78 is 4.97. The van der Waals surface area contributed by atoms with Crippen LogP contribution in [0.1, 0.15) is 0 Å². The molecule has 0 aliphatic rings. The van der Waals surface area contributed by atoms with Crippen molar-refractivity contribution in [3.8, 4) is 5.75 Å². The highest BCUT2D eigenvalue weighted by molar-refractivity contribution is 7.99. The van der Waals surface area contributed by atoms with Gasteiger partial charge in [-0.05, 0) is 12.1 Å². The summed E-state index contributed by atoms with van der Waals surface area (Å²) in [6.07, 6.45) is 0. The average Bonchev–Trinajstić information content (AvgIpc) is 2.47. The molecule has 8 heteroatoms. The summed E-state index contributed by atoms with van der Waals surface area (Å²) in [4.78, 5) is 21.8. The molecule has 0 N–H and O–H groups in total. The SMILES string of the molecule is COc1cc(Sc2ccccc2[N+](=O)[O-])ccc1[N+](=O)[O-]. The van der Waals surface area contributed by atoms with Crippen molar-refractivity contribution in [1.29, 1.82) is 0 Å². The summed E-state index contributed by atoms with van der Waals surface area (Å²) in [6, 6.07) is 10.6. The number of ether oxygens (including phenoxy) is 1. The molecule has 0 aliphatic heterocycles. The normalized spacial score (nSPS) is 10.1. The highest BCUT2D eigenvalue weighted by Gasteiger charge is 2.17. The van der Waals surface area contributed by atoms with Crippen LogP contribution >= 0.6 is 11.8 Å². The van der Waals surface area contributed by atoms with Crippen LogP contribution in [0.5, 0.6) is 5.75 Å². The lowest BCUT2D eigenvalue weighted by Gasteiger charge is -2.05. The standard InChI is InChI=1S/C13H10N2O5S/c1-20-12-8-9(6-7-10(12)14(16)17)21-13-5-3-2-4-11(13)15(18)19/h2-8H,1H3. The van der Waals surface area contributed by atoms with Crippen LogP contribution in [0.25, 0.3) is 0 Å². The zero-order valence-corrected chi connectivity index (χ0v) is 11.7. The first kappa shape index (κ1) is 14.8. The Morgan fingerprint density at radius 1 is 1.00 bits per heavy atom. The molecule has 2 aromatic carbocycles. The highest BCUT2D eigenvalue weighted by Crippen LogP contribution is 2.38. The molecule has 0 aliphatic carbocycles. The van der Waals surface area contributed by atoms with Crippen LogP contribution in [0.15, 0.2) is 52.3 Å². The molecule has 108 valence electrons. The maximum absolute atomic E-state index is 11.0. The van der Waals surface area contributed by atoms with Crippen molar-refractivity contribution >= 4 is 23.1 Å². The lowest BCUT2D eigenvalue weighted by molar-refractivity contribution is -0.387. The number of hydrogen-bond acceptors (Lipinski definition) is 6. The third-order valence-electron chi connectivity index (χ3n) is 2.64. The molecule has 0 amide bonds. The van der Waals surface area contributed by atoms with Crippen LogP contribution in [-0.4, -0.2) is 17.0 Å². The number of nitro groups is 2. The Morgan fingerprint density at radius 3 is 2.29 bits per heavy atom. The van der Waals surface area contributed by atoms with Gasteiger partial charge in [0.05, 0.1) is 21.9 Å². The fourth-order valence-electron chi connectivity index (χ4n) is 1.69. The molecular weight excluding hydrogens is 296 g/mol. The van der Waals surface area contributed by atoms with Crippen molar-refractivity contribution in [2.75, 3.05) is 7.11 Å². The second-order valence-corrected chi connectivity index (χ2v) is 5.03. The first-order chi connectivity index (χ1) is 10.0. The zero-order valence-electron chi connectivity index (χ0n) is 10.9. The van der Waals surface area contributed by atoms with Crippen LogP contribution in [0.2, 0.25) is 0 Å². The van der Waals surface area contributed by atoms with Crippen LogP contribution in [0.3, 0.4) is 0 Å². The van der Waals surface area contributed by atoms with E-state index in [-0.39, 0.29) is 17.1 Å². The van der Waals surface area contributed by atoms with Gasteiger partial charge in [0.2, 0.25) is 0 Å². The summed E-state index contributed by atoms with van der Waals surface area (Å²) in [5.41, 5.74) is -0.163. The molecule has 0 unspecified atom stereocenters. The van der Waals surface area contributed by atoms with E-state index in [9.17, 15) is 20.2 Å². The molecule has 2 rings (SSSR count). The van der Waals surface area contributed by atoms with Crippen molar-refractivity contribution in [2.24, 2.45) is 0 Å². The Labute approximate surface area is 123 Å². The smallest absolute Gasteiger partial charge is 0.310 e. The number of nitrogens with zero attached hydrogens (tertiary/aromatic N) is 2.